The Hall–Kier alpha value is -2.06. The van der Waals surface area contributed by atoms with Crippen LogP contribution in [-0.4, -0.2) is 9.13 Å². The fraction of sp³-hybridized carbons (Fsp3) is 0.200. The Morgan fingerprint density at radius 2 is 1.00 bits per heavy atom. The van der Waals surface area contributed by atoms with Gasteiger partial charge in [-0.1, -0.05) is 0 Å². The molecule has 2 aliphatic rings. The van der Waals surface area contributed by atoms with Gasteiger partial charge in [-0.2, -0.15) is 0 Å². The summed E-state index contributed by atoms with van der Waals surface area (Å²) in [7, 11) is 0. The molecule has 2 aromatic heterocycles. The van der Waals surface area contributed by atoms with Crippen LogP contribution in [0, 0.1) is 27.7 Å². The number of halogens is 2. The van der Waals surface area contributed by atoms with Crippen LogP contribution in [0.4, 0.5) is 0 Å². The van der Waals surface area contributed by atoms with Gasteiger partial charge in [0.1, 0.15) is 0 Å². The van der Waals surface area contributed by atoms with E-state index in [9.17, 15) is 0 Å². The van der Waals surface area contributed by atoms with Crippen molar-refractivity contribution in [2.24, 2.45) is 0 Å². The first-order chi connectivity index (χ1) is 16.0. The first-order valence-corrected chi connectivity index (χ1v) is 14.1. The van der Waals surface area contributed by atoms with Gasteiger partial charge in [0.15, 0.2) is 0 Å². The molecule has 2 nitrogen and oxygen atoms in total. The van der Waals surface area contributed by atoms with Gasteiger partial charge in [0.05, 0.1) is 0 Å². The van der Waals surface area contributed by atoms with Crippen LogP contribution in [0.1, 0.15) is 56.9 Å². The molecule has 35 heavy (non-hydrogen) atoms. The summed E-state index contributed by atoms with van der Waals surface area (Å²) < 4.78 is 8.31. The molecule has 2 unspecified atom stereocenters. The third kappa shape index (κ3) is 4.48. The van der Waals surface area contributed by atoms with Gasteiger partial charge in [-0.3, -0.25) is 0 Å². The van der Waals surface area contributed by atoms with Crippen molar-refractivity contribution in [1.29, 1.82) is 0 Å². The molecular weight excluding hydrogens is 550 g/mol. The molecule has 0 fully saturated rings. The van der Waals surface area contributed by atoms with Gasteiger partial charge in [0, 0.05) is 0 Å². The zero-order valence-electron chi connectivity index (χ0n) is 20.4. The van der Waals surface area contributed by atoms with Crippen LogP contribution in [0.15, 0.2) is 79.6 Å². The van der Waals surface area contributed by atoms with E-state index in [0.29, 0.717) is 12.1 Å². The van der Waals surface area contributed by atoms with Gasteiger partial charge < -0.3 is 24.8 Å². The Morgan fingerprint density at radius 3 is 1.37 bits per heavy atom. The van der Waals surface area contributed by atoms with Crippen molar-refractivity contribution in [3.8, 4) is 0 Å². The Balaban J connectivity index is 0.00000144. The summed E-state index contributed by atoms with van der Waals surface area (Å²) in [6.07, 6.45) is 9.69. The molecule has 0 amide bonds. The van der Waals surface area contributed by atoms with Crippen molar-refractivity contribution < 1.29 is 48.0 Å². The first kappa shape index (κ1) is 26.0. The molecule has 0 spiro atoms. The van der Waals surface area contributed by atoms with E-state index >= 15 is 0 Å². The van der Waals surface area contributed by atoms with E-state index in [-0.39, 0.29) is 24.8 Å². The zero-order chi connectivity index (χ0) is 22.7. The van der Waals surface area contributed by atoms with Gasteiger partial charge in [-0.05, 0) is 0 Å². The molecule has 176 valence electrons. The maximum Gasteiger partial charge on any atom is -1.00 e. The summed E-state index contributed by atoms with van der Waals surface area (Å²) in [6, 6.07) is 23.2. The van der Waals surface area contributed by atoms with Crippen LogP contribution in [0.25, 0.3) is 12.2 Å². The molecule has 0 bridgehead atoms. The Morgan fingerprint density at radius 1 is 0.600 bits per heavy atom. The zero-order valence-corrected chi connectivity index (χ0v) is 24.4. The minimum atomic E-state index is -1.05. The summed E-state index contributed by atoms with van der Waals surface area (Å²) in [5.41, 5.74) is 11.1. The summed E-state index contributed by atoms with van der Waals surface area (Å²) in [4.78, 5) is 0. The SMILES string of the molecule is Cc1cc(C)n(C2[C]([Zr+2][C]3=Cc4ccccc4C3n3cc(C)cc3C)=Cc3ccccc32)c1.[Cl-].[Cl-]. The second-order valence-corrected chi connectivity index (χ2v) is 13.0. The summed E-state index contributed by atoms with van der Waals surface area (Å²) in [5.74, 6) is 0. The molecule has 0 radical (unpaired) electrons. The fourth-order valence-electron chi connectivity index (χ4n) is 5.67. The fourth-order valence-corrected chi connectivity index (χ4v) is 9.73. The standard InChI is InChI=1S/2C15H14N.2ClH.Zr/c2*1-11-9-12(2)16(10-11)15-8-7-13-5-3-4-6-14(13)15;;;/h2*3-7,9-10,15H,1-2H3;2*1H;/q;;;;+2/p-2. The summed E-state index contributed by atoms with van der Waals surface area (Å²) in [5, 5.41) is 0. The Bertz CT molecular complexity index is 1350. The molecule has 0 N–H and O–H groups in total. The summed E-state index contributed by atoms with van der Waals surface area (Å²) in [6.45, 7) is 8.90. The summed E-state index contributed by atoms with van der Waals surface area (Å²) >= 11 is -1.05. The monoisotopic (exact) mass is 576 g/mol. The van der Waals surface area contributed by atoms with Crippen LogP contribution in [0.3, 0.4) is 0 Å². The van der Waals surface area contributed by atoms with Gasteiger partial charge in [-0.15, -0.1) is 0 Å². The van der Waals surface area contributed by atoms with Crippen LogP contribution in [0.2, 0.25) is 0 Å². The number of allylic oxidation sites excluding steroid dienone is 2. The number of benzene rings is 2. The van der Waals surface area contributed by atoms with Crippen LogP contribution < -0.4 is 24.8 Å². The number of hydrogen-bond donors (Lipinski definition) is 0. The second-order valence-electron chi connectivity index (χ2n) is 9.52. The maximum absolute atomic E-state index is 2.51. The Labute approximate surface area is 232 Å². The third-order valence-electron chi connectivity index (χ3n) is 7.01. The van der Waals surface area contributed by atoms with E-state index in [1.54, 1.807) is 6.56 Å². The molecule has 0 saturated heterocycles. The van der Waals surface area contributed by atoms with Crippen molar-refractivity contribution in [3.63, 3.8) is 0 Å². The molecule has 2 aliphatic carbocycles. The normalized spacial score (nSPS) is 17.5. The molecule has 2 atom stereocenters. The number of hydrogen-bond acceptors (Lipinski definition) is 0. The predicted octanol–water partition coefficient (Wildman–Crippen LogP) is 1.20. The van der Waals surface area contributed by atoms with Crippen molar-refractivity contribution in [2.75, 3.05) is 0 Å². The molecule has 5 heteroatoms. The van der Waals surface area contributed by atoms with E-state index in [1.165, 1.54) is 44.8 Å². The predicted molar refractivity (Wildman–Crippen MR) is 133 cm³/mol. The van der Waals surface area contributed by atoms with E-state index in [2.05, 4.69) is 122 Å². The van der Waals surface area contributed by atoms with Gasteiger partial charge >= 0.3 is 209 Å². The van der Waals surface area contributed by atoms with E-state index in [0.717, 1.165) is 0 Å². The smallest absolute Gasteiger partial charge is 1.00 e. The molecular formula is C30H28Cl2N2Zr. The van der Waals surface area contributed by atoms with E-state index < -0.39 is 23.2 Å². The average Bonchev–Trinajstić information content (AvgIpc) is 3.51. The number of fused-ring (bicyclic) bond motifs is 2. The van der Waals surface area contributed by atoms with Crippen LogP contribution in [0.5, 0.6) is 0 Å². The molecule has 4 aromatic rings. The minimum Gasteiger partial charge on any atom is -1.00 e. The number of rotatable bonds is 4. The Kier molecular flexibility index (Phi) is 7.53. The molecule has 2 heterocycles. The largest absolute Gasteiger partial charge is 1.00 e. The number of aryl methyl sites for hydroxylation is 4. The van der Waals surface area contributed by atoms with E-state index in [4.69, 9.17) is 0 Å². The number of nitrogens with zero attached hydrogens (tertiary/aromatic N) is 2. The van der Waals surface area contributed by atoms with Gasteiger partial charge in [0.25, 0.3) is 0 Å². The van der Waals surface area contributed by atoms with Gasteiger partial charge in [0.2, 0.25) is 0 Å². The third-order valence-corrected chi connectivity index (χ3v) is 10.5. The topological polar surface area (TPSA) is 9.86 Å². The van der Waals surface area contributed by atoms with Crippen LogP contribution in [-0.2, 0) is 23.2 Å². The molecule has 2 aromatic carbocycles. The molecule has 0 aliphatic heterocycles. The molecule has 6 rings (SSSR count). The first-order valence-electron chi connectivity index (χ1n) is 11.7. The molecule has 0 saturated carbocycles. The van der Waals surface area contributed by atoms with Crippen molar-refractivity contribution in [2.45, 2.75) is 39.8 Å². The van der Waals surface area contributed by atoms with E-state index in [1.807, 2.05) is 0 Å². The van der Waals surface area contributed by atoms with Crippen LogP contribution >= 0.6 is 0 Å². The quantitative estimate of drug-likeness (QED) is 0.345. The van der Waals surface area contributed by atoms with Crippen molar-refractivity contribution in [3.05, 3.63) is 124 Å². The van der Waals surface area contributed by atoms with Gasteiger partial charge in [-0.25, -0.2) is 0 Å². The van der Waals surface area contributed by atoms with Crippen molar-refractivity contribution in [1.82, 2.24) is 9.13 Å². The average molecular weight is 579 g/mol. The van der Waals surface area contributed by atoms with Crippen molar-refractivity contribution >= 4 is 12.2 Å². The number of aromatic nitrogens is 2. The second kappa shape index (κ2) is 10.1. The minimum absolute atomic E-state index is 0. The maximum atomic E-state index is 2.51.